The molecule has 0 radical (unpaired) electrons. The zero-order valence-corrected chi connectivity index (χ0v) is 12.9. The predicted molar refractivity (Wildman–Crippen MR) is 84.6 cm³/mol. The molecular weight excluding hydrogens is 333 g/mol. The van der Waals surface area contributed by atoms with Crippen molar-refractivity contribution in [2.24, 2.45) is 5.92 Å². The van der Waals surface area contributed by atoms with Crippen molar-refractivity contribution in [3.63, 3.8) is 0 Å². The number of aromatic nitrogens is 2. The Kier molecular flexibility index (Phi) is 3.35. The van der Waals surface area contributed by atoms with E-state index in [0.717, 1.165) is 23.2 Å². The van der Waals surface area contributed by atoms with E-state index in [1.165, 1.54) is 12.1 Å². The second kappa shape index (κ2) is 5.34. The molecule has 7 heteroatoms. The standard InChI is InChI=1S/C18H13F3N2O2/c19-18(20,21)10-3-5-11(6-4-10)23-9-14(12-8-13(12)17(24)25)16-15(23)2-1-7-22-16/h1-7,9,12-13H,8H2,(H,24,25)/t12-,13-/m1/s1. The van der Waals surface area contributed by atoms with Crippen molar-refractivity contribution in [1.29, 1.82) is 0 Å². The van der Waals surface area contributed by atoms with Crippen molar-refractivity contribution in [2.75, 3.05) is 0 Å². The molecular formula is C18H13F3N2O2. The van der Waals surface area contributed by atoms with E-state index in [2.05, 4.69) is 4.98 Å². The number of hydrogen-bond donors (Lipinski definition) is 1. The number of nitrogens with zero attached hydrogens (tertiary/aromatic N) is 2. The average molecular weight is 346 g/mol. The zero-order chi connectivity index (χ0) is 17.8. The second-order valence-corrected chi connectivity index (χ2v) is 6.16. The summed E-state index contributed by atoms with van der Waals surface area (Å²) in [5.74, 6) is -1.37. The highest BCUT2D eigenvalue weighted by atomic mass is 19.4. The first-order valence-electron chi connectivity index (χ1n) is 7.72. The lowest BCUT2D eigenvalue weighted by atomic mass is 10.1. The lowest BCUT2D eigenvalue weighted by Crippen LogP contribution is -2.04. The molecule has 2 aromatic heterocycles. The van der Waals surface area contributed by atoms with Crippen LogP contribution in [0.25, 0.3) is 16.7 Å². The molecule has 0 unspecified atom stereocenters. The highest BCUT2D eigenvalue weighted by molar-refractivity contribution is 5.85. The van der Waals surface area contributed by atoms with Gasteiger partial charge in [-0.25, -0.2) is 0 Å². The number of carboxylic acids is 1. The molecule has 4 rings (SSSR count). The number of hydrogen-bond acceptors (Lipinski definition) is 2. The largest absolute Gasteiger partial charge is 0.481 e. The molecule has 128 valence electrons. The van der Waals surface area contributed by atoms with E-state index in [9.17, 15) is 18.0 Å². The predicted octanol–water partition coefficient (Wildman–Crippen LogP) is 4.23. The number of rotatable bonds is 3. The van der Waals surface area contributed by atoms with Gasteiger partial charge in [-0.05, 0) is 42.8 Å². The molecule has 1 aliphatic carbocycles. The summed E-state index contributed by atoms with van der Waals surface area (Å²) in [7, 11) is 0. The number of carbonyl (C=O) groups is 1. The van der Waals surface area contributed by atoms with Crippen molar-refractivity contribution in [3.05, 3.63) is 59.9 Å². The van der Waals surface area contributed by atoms with Crippen LogP contribution in [0.1, 0.15) is 23.5 Å². The van der Waals surface area contributed by atoms with Crippen LogP contribution in [0.2, 0.25) is 0 Å². The Morgan fingerprint density at radius 2 is 1.92 bits per heavy atom. The highest BCUT2D eigenvalue weighted by Gasteiger charge is 2.45. The Labute approximate surface area is 140 Å². The average Bonchev–Trinajstić information content (AvgIpc) is 3.29. The van der Waals surface area contributed by atoms with Crippen molar-refractivity contribution in [1.82, 2.24) is 9.55 Å². The Bertz CT molecular complexity index is 961. The maximum atomic E-state index is 12.7. The van der Waals surface area contributed by atoms with Crippen LogP contribution in [0.4, 0.5) is 13.2 Å². The molecule has 25 heavy (non-hydrogen) atoms. The van der Waals surface area contributed by atoms with E-state index in [4.69, 9.17) is 5.11 Å². The van der Waals surface area contributed by atoms with Gasteiger partial charge in [-0.3, -0.25) is 9.78 Å². The summed E-state index contributed by atoms with van der Waals surface area (Å²) < 4.78 is 40.0. The van der Waals surface area contributed by atoms with Crippen LogP contribution in [0.3, 0.4) is 0 Å². The molecule has 0 spiro atoms. The van der Waals surface area contributed by atoms with Crippen LogP contribution < -0.4 is 0 Å². The SMILES string of the molecule is O=C(O)[C@@H]1C[C@H]1c1cn(-c2ccc(C(F)(F)F)cc2)c2cccnc12. The van der Waals surface area contributed by atoms with Gasteiger partial charge in [0.1, 0.15) is 0 Å². The molecule has 0 saturated heterocycles. The van der Waals surface area contributed by atoms with Crippen molar-refractivity contribution in [2.45, 2.75) is 18.5 Å². The summed E-state index contributed by atoms with van der Waals surface area (Å²) in [5, 5.41) is 9.15. The van der Waals surface area contributed by atoms with Crippen LogP contribution in [-0.2, 0) is 11.0 Å². The Hall–Kier alpha value is -2.83. The number of carboxylic acid groups (broad SMARTS) is 1. The van der Waals surface area contributed by atoms with Crippen LogP contribution in [-0.4, -0.2) is 20.6 Å². The summed E-state index contributed by atoms with van der Waals surface area (Å²) in [5.41, 5.74) is 2.12. The van der Waals surface area contributed by atoms with Gasteiger partial charge in [-0.2, -0.15) is 13.2 Å². The fourth-order valence-corrected chi connectivity index (χ4v) is 3.19. The minimum absolute atomic E-state index is 0.106. The van der Waals surface area contributed by atoms with Crippen molar-refractivity contribution >= 4 is 17.0 Å². The lowest BCUT2D eigenvalue weighted by Gasteiger charge is -2.09. The van der Waals surface area contributed by atoms with Crippen LogP contribution >= 0.6 is 0 Å². The minimum atomic E-state index is -4.38. The Balaban J connectivity index is 1.79. The van der Waals surface area contributed by atoms with Crippen LogP contribution in [0.5, 0.6) is 0 Å². The first-order chi connectivity index (χ1) is 11.9. The lowest BCUT2D eigenvalue weighted by molar-refractivity contribution is -0.139. The fourth-order valence-electron chi connectivity index (χ4n) is 3.19. The van der Waals surface area contributed by atoms with Gasteiger partial charge in [0.25, 0.3) is 0 Å². The molecule has 3 aromatic rings. The highest BCUT2D eigenvalue weighted by Crippen LogP contribution is 2.50. The number of pyridine rings is 1. The number of benzene rings is 1. The van der Waals surface area contributed by atoms with E-state index in [1.807, 2.05) is 6.07 Å². The number of alkyl halides is 3. The Morgan fingerprint density at radius 1 is 1.20 bits per heavy atom. The molecule has 0 aliphatic heterocycles. The molecule has 1 saturated carbocycles. The molecule has 1 aromatic carbocycles. The van der Waals surface area contributed by atoms with E-state index in [0.29, 0.717) is 17.6 Å². The van der Waals surface area contributed by atoms with E-state index < -0.39 is 23.6 Å². The van der Waals surface area contributed by atoms with E-state index >= 15 is 0 Å². The normalized spacial score (nSPS) is 20.0. The zero-order valence-electron chi connectivity index (χ0n) is 12.9. The summed E-state index contributed by atoms with van der Waals surface area (Å²) in [6, 6.07) is 8.44. The maximum absolute atomic E-state index is 12.7. The van der Waals surface area contributed by atoms with Gasteiger partial charge in [0.15, 0.2) is 0 Å². The number of aliphatic carboxylic acids is 1. The molecule has 2 heterocycles. The first-order valence-corrected chi connectivity index (χ1v) is 7.72. The summed E-state index contributed by atoms with van der Waals surface area (Å²) >= 11 is 0. The van der Waals surface area contributed by atoms with Crippen LogP contribution in [0.15, 0.2) is 48.8 Å². The molecule has 2 atom stereocenters. The number of halogens is 3. The molecule has 1 fully saturated rings. The monoisotopic (exact) mass is 346 g/mol. The number of fused-ring (bicyclic) bond motifs is 1. The topological polar surface area (TPSA) is 55.1 Å². The third-order valence-electron chi connectivity index (χ3n) is 4.57. The van der Waals surface area contributed by atoms with Gasteiger partial charge < -0.3 is 9.67 Å². The summed E-state index contributed by atoms with van der Waals surface area (Å²) in [6.45, 7) is 0. The third-order valence-corrected chi connectivity index (χ3v) is 4.57. The van der Waals surface area contributed by atoms with E-state index in [1.54, 1.807) is 23.0 Å². The van der Waals surface area contributed by atoms with Crippen molar-refractivity contribution < 1.29 is 23.1 Å². The van der Waals surface area contributed by atoms with Gasteiger partial charge in [0.05, 0.1) is 22.5 Å². The second-order valence-electron chi connectivity index (χ2n) is 6.16. The van der Waals surface area contributed by atoms with Gasteiger partial charge in [-0.15, -0.1) is 0 Å². The third kappa shape index (κ3) is 2.65. The minimum Gasteiger partial charge on any atom is -0.481 e. The summed E-state index contributed by atoms with van der Waals surface area (Å²) in [6.07, 6.45) is -0.417. The molecule has 4 nitrogen and oxygen atoms in total. The van der Waals surface area contributed by atoms with Crippen molar-refractivity contribution in [3.8, 4) is 5.69 Å². The van der Waals surface area contributed by atoms with Gasteiger partial charge in [0, 0.05) is 29.6 Å². The maximum Gasteiger partial charge on any atom is 0.416 e. The van der Waals surface area contributed by atoms with Crippen LogP contribution in [0, 0.1) is 5.92 Å². The molecule has 1 N–H and O–H groups in total. The molecule has 1 aliphatic rings. The molecule has 0 bridgehead atoms. The fraction of sp³-hybridized carbons (Fsp3) is 0.222. The smallest absolute Gasteiger partial charge is 0.416 e. The molecule has 0 amide bonds. The first kappa shape index (κ1) is 15.7. The summed E-state index contributed by atoms with van der Waals surface area (Å²) in [4.78, 5) is 15.5. The van der Waals surface area contributed by atoms with Gasteiger partial charge >= 0.3 is 12.1 Å². The van der Waals surface area contributed by atoms with E-state index in [-0.39, 0.29) is 5.92 Å². The van der Waals surface area contributed by atoms with Gasteiger partial charge in [-0.1, -0.05) is 0 Å². The van der Waals surface area contributed by atoms with Gasteiger partial charge in [0.2, 0.25) is 0 Å². The quantitative estimate of drug-likeness (QED) is 0.772. The Morgan fingerprint density at radius 3 is 2.52 bits per heavy atom.